The van der Waals surface area contributed by atoms with Gasteiger partial charge in [0.2, 0.25) is 6.29 Å². The molecule has 0 bridgehead atoms. The Kier molecular flexibility index (Phi) is 9.85. The largest absolute Gasteiger partial charge is 0.461 e. The summed E-state index contributed by atoms with van der Waals surface area (Å²) in [5, 5.41) is 70.6. The van der Waals surface area contributed by atoms with E-state index in [4.69, 9.17) is 23.7 Å². The van der Waals surface area contributed by atoms with Gasteiger partial charge < -0.3 is 59.4 Å². The van der Waals surface area contributed by atoms with E-state index in [0.717, 1.165) is 5.56 Å². The number of carbonyl (C=O) groups excluding carboxylic acids is 1. The number of aliphatic hydroxyl groups excluding tert-OH is 7. The van der Waals surface area contributed by atoms with Crippen molar-refractivity contribution >= 4 is 5.97 Å². The van der Waals surface area contributed by atoms with Crippen molar-refractivity contribution in [3.63, 3.8) is 0 Å². The number of ether oxygens (including phenoxy) is 5. The van der Waals surface area contributed by atoms with Gasteiger partial charge in [0.1, 0.15) is 66.8 Å². The molecule has 4 rings (SSSR count). The van der Waals surface area contributed by atoms with Gasteiger partial charge in [0.05, 0.1) is 13.2 Å². The summed E-state index contributed by atoms with van der Waals surface area (Å²) < 4.78 is 27.4. The molecule has 0 saturated carbocycles. The molecule has 2 aliphatic heterocycles. The second-order valence-corrected chi connectivity index (χ2v) is 9.22. The van der Waals surface area contributed by atoms with Crippen molar-refractivity contribution in [1.29, 1.82) is 0 Å². The minimum absolute atomic E-state index is 0.0127. The molecule has 2 heterocycles. The summed E-state index contributed by atoms with van der Waals surface area (Å²) in [4.78, 5) is 12.7. The van der Waals surface area contributed by atoms with Crippen LogP contribution in [0.5, 0.6) is 5.75 Å². The number of hydrogen-bond acceptors (Lipinski definition) is 13. The minimum Gasteiger partial charge on any atom is -0.461 e. The molecule has 10 unspecified atom stereocenters. The molecule has 10 atom stereocenters. The predicted octanol–water partition coefficient (Wildman–Crippen LogP) is -1.95. The van der Waals surface area contributed by atoms with Gasteiger partial charge >= 0.3 is 5.97 Å². The highest BCUT2D eigenvalue weighted by Gasteiger charge is 2.48. The van der Waals surface area contributed by atoms with Crippen LogP contribution in [0.3, 0.4) is 0 Å². The smallest absolute Gasteiger partial charge is 0.342 e. The zero-order chi connectivity index (χ0) is 28.1. The third-order valence-corrected chi connectivity index (χ3v) is 6.50. The van der Waals surface area contributed by atoms with Crippen LogP contribution in [0, 0.1) is 0 Å². The Morgan fingerprint density at radius 2 is 1.31 bits per heavy atom. The van der Waals surface area contributed by atoms with Gasteiger partial charge in [-0.05, 0) is 17.7 Å². The monoisotopic (exact) mass is 552 g/mol. The number of carbonyl (C=O) groups is 1. The first-order valence-corrected chi connectivity index (χ1v) is 12.3. The number of benzene rings is 2. The van der Waals surface area contributed by atoms with Gasteiger partial charge in [-0.15, -0.1) is 0 Å². The van der Waals surface area contributed by atoms with Gasteiger partial charge in [-0.25, -0.2) is 4.79 Å². The Morgan fingerprint density at radius 3 is 2.00 bits per heavy atom. The number of aliphatic hydroxyl groups is 7. The van der Waals surface area contributed by atoms with E-state index >= 15 is 0 Å². The van der Waals surface area contributed by atoms with Crippen LogP contribution in [0.2, 0.25) is 0 Å². The molecule has 2 aromatic carbocycles. The number of para-hydroxylation sites is 1. The molecule has 2 saturated heterocycles. The first kappa shape index (κ1) is 29.3. The molecule has 0 spiro atoms. The number of rotatable bonds is 9. The van der Waals surface area contributed by atoms with Crippen LogP contribution in [0.25, 0.3) is 0 Å². The summed E-state index contributed by atoms with van der Waals surface area (Å²) in [5.74, 6) is -0.723. The fraction of sp³-hybridized carbons (Fsp3) is 0.500. The fourth-order valence-electron chi connectivity index (χ4n) is 4.21. The van der Waals surface area contributed by atoms with Crippen molar-refractivity contribution in [3.8, 4) is 5.75 Å². The summed E-state index contributed by atoms with van der Waals surface area (Å²) in [5.41, 5.74) is 0.800. The van der Waals surface area contributed by atoms with Gasteiger partial charge in [0.25, 0.3) is 0 Å². The molecule has 2 fully saturated rings. The van der Waals surface area contributed by atoms with Gasteiger partial charge in [-0.1, -0.05) is 42.5 Å². The molecule has 2 aromatic rings. The van der Waals surface area contributed by atoms with Crippen molar-refractivity contribution < 1.29 is 64.2 Å². The zero-order valence-corrected chi connectivity index (χ0v) is 20.7. The van der Waals surface area contributed by atoms with Crippen molar-refractivity contribution in [2.24, 2.45) is 0 Å². The summed E-state index contributed by atoms with van der Waals surface area (Å²) >= 11 is 0. The lowest BCUT2D eigenvalue weighted by Crippen LogP contribution is -2.62. The lowest BCUT2D eigenvalue weighted by atomic mass is 9.98. The second-order valence-electron chi connectivity index (χ2n) is 9.22. The van der Waals surface area contributed by atoms with Crippen LogP contribution in [-0.4, -0.2) is 116 Å². The van der Waals surface area contributed by atoms with E-state index in [-0.39, 0.29) is 17.9 Å². The van der Waals surface area contributed by atoms with Gasteiger partial charge in [0, 0.05) is 0 Å². The average Bonchev–Trinajstić information content (AvgIpc) is 2.96. The standard InChI is InChI=1S/C26H32O13/c27-10-16-18(28)20(30)22(32)25(38-16)36-12-17-19(29)21(31)23(33)26(39-17)37-15-9-5-4-8-14(15)24(34)35-11-13-6-2-1-3-7-13/h1-9,16-23,25-33H,10-12H2. The summed E-state index contributed by atoms with van der Waals surface area (Å²) in [7, 11) is 0. The molecule has 0 aromatic heterocycles. The maximum Gasteiger partial charge on any atom is 0.342 e. The van der Waals surface area contributed by atoms with Crippen LogP contribution in [-0.2, 0) is 25.6 Å². The first-order valence-electron chi connectivity index (χ1n) is 12.3. The highest BCUT2D eigenvalue weighted by atomic mass is 16.7. The van der Waals surface area contributed by atoms with Crippen molar-refractivity contribution in [2.45, 2.75) is 68.0 Å². The van der Waals surface area contributed by atoms with E-state index in [1.54, 1.807) is 36.4 Å². The van der Waals surface area contributed by atoms with Crippen LogP contribution >= 0.6 is 0 Å². The molecule has 13 heteroatoms. The lowest BCUT2D eigenvalue weighted by molar-refractivity contribution is -0.323. The van der Waals surface area contributed by atoms with Gasteiger partial charge in [-0.2, -0.15) is 0 Å². The average molecular weight is 553 g/mol. The van der Waals surface area contributed by atoms with E-state index in [1.165, 1.54) is 12.1 Å². The lowest BCUT2D eigenvalue weighted by Gasteiger charge is -2.42. The Bertz CT molecular complexity index is 1070. The van der Waals surface area contributed by atoms with Gasteiger partial charge in [-0.3, -0.25) is 0 Å². The highest BCUT2D eigenvalue weighted by molar-refractivity contribution is 5.92. The summed E-state index contributed by atoms with van der Waals surface area (Å²) in [6.45, 7) is -1.17. The molecule has 0 amide bonds. The second kappa shape index (κ2) is 13.1. The van der Waals surface area contributed by atoms with E-state index in [0.29, 0.717) is 0 Å². The molecular weight excluding hydrogens is 520 g/mol. The first-order chi connectivity index (χ1) is 18.7. The van der Waals surface area contributed by atoms with E-state index < -0.39 is 80.6 Å². The van der Waals surface area contributed by atoms with Crippen LogP contribution in [0.4, 0.5) is 0 Å². The SMILES string of the molecule is O=C(OCc1ccccc1)c1ccccc1OC1OC(COC2OC(CO)C(O)C(O)C2O)C(O)C(O)C1O. The van der Waals surface area contributed by atoms with Crippen LogP contribution in [0.15, 0.2) is 54.6 Å². The Hall–Kier alpha value is -2.69. The molecule has 0 aliphatic carbocycles. The topological polar surface area (TPSA) is 205 Å². The molecular formula is C26H32O13. The molecule has 13 nitrogen and oxygen atoms in total. The Balaban J connectivity index is 1.41. The molecule has 2 aliphatic rings. The van der Waals surface area contributed by atoms with E-state index in [2.05, 4.69) is 0 Å². The minimum atomic E-state index is -1.75. The fourth-order valence-corrected chi connectivity index (χ4v) is 4.21. The quantitative estimate of drug-likeness (QED) is 0.169. The maximum absolute atomic E-state index is 12.7. The molecule has 0 radical (unpaired) electrons. The predicted molar refractivity (Wildman–Crippen MR) is 129 cm³/mol. The maximum atomic E-state index is 12.7. The molecule has 214 valence electrons. The van der Waals surface area contributed by atoms with Gasteiger partial charge in [0.15, 0.2) is 6.29 Å². The molecule has 7 N–H and O–H groups in total. The Morgan fingerprint density at radius 1 is 0.718 bits per heavy atom. The van der Waals surface area contributed by atoms with Crippen LogP contribution < -0.4 is 4.74 Å². The third kappa shape index (κ3) is 6.73. The highest BCUT2D eigenvalue weighted by Crippen LogP contribution is 2.29. The van der Waals surface area contributed by atoms with E-state index in [9.17, 15) is 40.5 Å². The normalized spacial score (nSPS) is 34.8. The van der Waals surface area contributed by atoms with Crippen molar-refractivity contribution in [2.75, 3.05) is 13.2 Å². The van der Waals surface area contributed by atoms with Crippen molar-refractivity contribution in [3.05, 3.63) is 65.7 Å². The summed E-state index contributed by atoms with van der Waals surface area (Å²) in [6.07, 6.45) is -15.7. The van der Waals surface area contributed by atoms with Crippen molar-refractivity contribution in [1.82, 2.24) is 0 Å². The Labute approximate surface area is 223 Å². The third-order valence-electron chi connectivity index (χ3n) is 6.50. The number of hydrogen-bond donors (Lipinski definition) is 7. The molecule has 39 heavy (non-hydrogen) atoms. The van der Waals surface area contributed by atoms with Crippen LogP contribution in [0.1, 0.15) is 15.9 Å². The number of esters is 1. The van der Waals surface area contributed by atoms with E-state index in [1.807, 2.05) is 6.07 Å². The zero-order valence-electron chi connectivity index (χ0n) is 20.7. The summed E-state index contributed by atoms with van der Waals surface area (Å²) in [6, 6.07) is 15.1.